The number of aryl methyl sites for hydroxylation is 2. The number of anilines is 1. The predicted octanol–water partition coefficient (Wildman–Crippen LogP) is 4.53. The molecule has 3 aromatic rings. The van der Waals surface area contributed by atoms with E-state index in [1.54, 1.807) is 18.2 Å². The predicted molar refractivity (Wildman–Crippen MR) is 111 cm³/mol. The lowest BCUT2D eigenvalue weighted by Gasteiger charge is -2.09. The van der Waals surface area contributed by atoms with Gasteiger partial charge in [-0.1, -0.05) is 17.4 Å². The third-order valence-electron chi connectivity index (χ3n) is 4.36. The van der Waals surface area contributed by atoms with E-state index in [0.717, 1.165) is 21.3 Å². The first-order valence-corrected chi connectivity index (χ1v) is 9.65. The summed E-state index contributed by atoms with van der Waals surface area (Å²) in [5.41, 5.74) is 3.62. The SMILES string of the molecule is COc1ccc(C(=O)CCC(=O)Nc2nc3c(C)cc(C)cc3s2)cc1OC. The number of fused-ring (bicyclic) bond motifs is 1. The number of nitrogens with zero attached hydrogens (tertiary/aromatic N) is 1. The van der Waals surface area contributed by atoms with Crippen LogP contribution in [-0.2, 0) is 4.79 Å². The van der Waals surface area contributed by atoms with Crippen LogP contribution in [0.15, 0.2) is 30.3 Å². The van der Waals surface area contributed by atoms with Crippen molar-refractivity contribution in [3.8, 4) is 11.5 Å². The van der Waals surface area contributed by atoms with Crippen molar-refractivity contribution in [2.24, 2.45) is 0 Å². The minimum Gasteiger partial charge on any atom is -0.493 e. The first-order chi connectivity index (χ1) is 13.4. The van der Waals surface area contributed by atoms with E-state index in [1.165, 1.54) is 25.6 Å². The van der Waals surface area contributed by atoms with Crippen LogP contribution in [0.4, 0.5) is 5.13 Å². The largest absolute Gasteiger partial charge is 0.493 e. The van der Waals surface area contributed by atoms with Crippen LogP contribution < -0.4 is 14.8 Å². The molecule has 1 heterocycles. The van der Waals surface area contributed by atoms with Crippen molar-refractivity contribution in [2.45, 2.75) is 26.7 Å². The van der Waals surface area contributed by atoms with Crippen molar-refractivity contribution in [1.29, 1.82) is 0 Å². The highest BCUT2D eigenvalue weighted by Crippen LogP contribution is 2.30. The van der Waals surface area contributed by atoms with Gasteiger partial charge in [0, 0.05) is 18.4 Å². The number of ketones is 1. The molecule has 2 aromatic carbocycles. The van der Waals surface area contributed by atoms with Crippen LogP contribution in [-0.4, -0.2) is 30.9 Å². The Morgan fingerprint density at radius 2 is 1.79 bits per heavy atom. The zero-order valence-electron chi connectivity index (χ0n) is 16.3. The Morgan fingerprint density at radius 1 is 1.04 bits per heavy atom. The molecular weight excluding hydrogens is 376 g/mol. The minimum absolute atomic E-state index is 0.0844. The fraction of sp³-hybridized carbons (Fsp3) is 0.286. The van der Waals surface area contributed by atoms with Crippen molar-refractivity contribution in [3.05, 3.63) is 47.0 Å². The number of amides is 1. The number of carbonyl (C=O) groups excluding carboxylic acids is 2. The van der Waals surface area contributed by atoms with Gasteiger partial charge in [-0.15, -0.1) is 0 Å². The zero-order chi connectivity index (χ0) is 20.3. The Labute approximate surface area is 167 Å². The van der Waals surface area contributed by atoms with Gasteiger partial charge >= 0.3 is 0 Å². The number of hydrogen-bond donors (Lipinski definition) is 1. The molecular formula is C21H22N2O4S. The van der Waals surface area contributed by atoms with Gasteiger partial charge in [0.05, 0.1) is 24.4 Å². The smallest absolute Gasteiger partial charge is 0.226 e. The van der Waals surface area contributed by atoms with Crippen LogP contribution in [0.1, 0.15) is 34.3 Å². The number of rotatable bonds is 7. The monoisotopic (exact) mass is 398 g/mol. The van der Waals surface area contributed by atoms with Gasteiger partial charge in [-0.25, -0.2) is 4.98 Å². The lowest BCUT2D eigenvalue weighted by molar-refractivity contribution is -0.116. The summed E-state index contributed by atoms with van der Waals surface area (Å²) in [7, 11) is 3.05. The summed E-state index contributed by atoms with van der Waals surface area (Å²) >= 11 is 1.44. The number of benzene rings is 2. The first-order valence-electron chi connectivity index (χ1n) is 8.84. The first kappa shape index (κ1) is 19.8. The van der Waals surface area contributed by atoms with E-state index in [0.29, 0.717) is 22.2 Å². The fourth-order valence-corrected chi connectivity index (χ4v) is 4.05. The topological polar surface area (TPSA) is 77.5 Å². The second-order valence-corrected chi connectivity index (χ2v) is 7.52. The molecule has 0 aliphatic heterocycles. The molecule has 146 valence electrons. The Balaban J connectivity index is 1.63. The van der Waals surface area contributed by atoms with E-state index >= 15 is 0 Å². The van der Waals surface area contributed by atoms with E-state index in [-0.39, 0.29) is 24.5 Å². The zero-order valence-corrected chi connectivity index (χ0v) is 17.1. The molecule has 0 saturated carbocycles. The molecule has 6 nitrogen and oxygen atoms in total. The average molecular weight is 398 g/mol. The van der Waals surface area contributed by atoms with Crippen molar-refractivity contribution < 1.29 is 19.1 Å². The van der Waals surface area contributed by atoms with E-state index in [1.807, 2.05) is 13.8 Å². The molecule has 1 aromatic heterocycles. The fourth-order valence-electron chi connectivity index (χ4n) is 2.99. The minimum atomic E-state index is -0.234. The van der Waals surface area contributed by atoms with Crippen molar-refractivity contribution >= 4 is 38.4 Å². The molecule has 7 heteroatoms. The summed E-state index contributed by atoms with van der Waals surface area (Å²) in [4.78, 5) is 29.2. The van der Waals surface area contributed by atoms with Crippen LogP contribution in [0.2, 0.25) is 0 Å². The molecule has 0 atom stereocenters. The third-order valence-corrected chi connectivity index (χ3v) is 5.28. The summed E-state index contributed by atoms with van der Waals surface area (Å²) in [5, 5.41) is 3.35. The normalized spacial score (nSPS) is 10.7. The second-order valence-electron chi connectivity index (χ2n) is 6.49. The lowest BCUT2D eigenvalue weighted by atomic mass is 10.1. The maximum Gasteiger partial charge on any atom is 0.226 e. The van der Waals surface area contributed by atoms with Crippen LogP contribution in [0.3, 0.4) is 0 Å². The summed E-state index contributed by atoms with van der Waals surface area (Å²) in [6, 6.07) is 9.08. The Hall–Kier alpha value is -2.93. The quantitative estimate of drug-likeness (QED) is 0.592. The van der Waals surface area contributed by atoms with Gasteiger partial charge in [0.2, 0.25) is 5.91 Å². The van der Waals surface area contributed by atoms with Crippen LogP contribution in [0.25, 0.3) is 10.2 Å². The van der Waals surface area contributed by atoms with Gasteiger partial charge in [0.1, 0.15) is 0 Å². The Kier molecular flexibility index (Phi) is 5.94. The van der Waals surface area contributed by atoms with Crippen LogP contribution >= 0.6 is 11.3 Å². The summed E-state index contributed by atoms with van der Waals surface area (Å²) in [5.74, 6) is 0.672. The number of thiazole rings is 1. The van der Waals surface area contributed by atoms with E-state index in [4.69, 9.17) is 9.47 Å². The third kappa shape index (κ3) is 4.31. The summed E-state index contributed by atoms with van der Waals surface area (Å²) in [6.07, 6.45) is 0.186. The molecule has 0 aliphatic carbocycles. The van der Waals surface area contributed by atoms with Crippen LogP contribution in [0.5, 0.6) is 11.5 Å². The summed E-state index contributed by atoms with van der Waals surface area (Å²) in [6.45, 7) is 4.03. The molecule has 0 bridgehead atoms. The second kappa shape index (κ2) is 8.39. The number of Topliss-reactive ketones (excluding diaryl/α,β-unsaturated/α-hetero) is 1. The van der Waals surface area contributed by atoms with Gasteiger partial charge in [-0.3, -0.25) is 9.59 Å². The highest BCUT2D eigenvalue weighted by Gasteiger charge is 2.14. The van der Waals surface area contributed by atoms with Crippen LogP contribution in [0, 0.1) is 13.8 Å². The standard InChI is InChI=1S/C21H22N2O4S/c1-12-9-13(2)20-18(10-12)28-21(23-20)22-19(25)8-6-15(24)14-5-7-16(26-3)17(11-14)27-4/h5,7,9-11H,6,8H2,1-4H3,(H,22,23,25). The molecule has 1 N–H and O–H groups in total. The number of carbonyl (C=O) groups is 2. The molecule has 0 aliphatic rings. The molecule has 1 amide bonds. The molecule has 0 fully saturated rings. The summed E-state index contributed by atoms with van der Waals surface area (Å²) < 4.78 is 11.4. The van der Waals surface area contributed by atoms with Gasteiger partial charge in [0.25, 0.3) is 0 Å². The number of nitrogens with one attached hydrogen (secondary N) is 1. The van der Waals surface area contributed by atoms with E-state index < -0.39 is 0 Å². The lowest BCUT2D eigenvalue weighted by Crippen LogP contribution is -2.13. The van der Waals surface area contributed by atoms with Crippen molar-refractivity contribution in [3.63, 3.8) is 0 Å². The molecule has 3 rings (SSSR count). The number of ether oxygens (including phenoxy) is 2. The highest BCUT2D eigenvalue weighted by atomic mass is 32.1. The average Bonchev–Trinajstić information content (AvgIpc) is 3.07. The van der Waals surface area contributed by atoms with Gasteiger partial charge in [0.15, 0.2) is 22.4 Å². The van der Waals surface area contributed by atoms with E-state index in [9.17, 15) is 9.59 Å². The molecule has 0 unspecified atom stereocenters. The Morgan fingerprint density at radius 3 is 2.50 bits per heavy atom. The molecule has 28 heavy (non-hydrogen) atoms. The molecule has 0 radical (unpaired) electrons. The van der Waals surface area contributed by atoms with E-state index in [2.05, 4.69) is 22.4 Å². The molecule has 0 saturated heterocycles. The van der Waals surface area contributed by atoms with Gasteiger partial charge in [-0.2, -0.15) is 0 Å². The van der Waals surface area contributed by atoms with Crippen molar-refractivity contribution in [2.75, 3.05) is 19.5 Å². The van der Waals surface area contributed by atoms with Gasteiger partial charge in [-0.05, 0) is 49.2 Å². The number of methoxy groups -OCH3 is 2. The van der Waals surface area contributed by atoms with Gasteiger partial charge < -0.3 is 14.8 Å². The number of hydrogen-bond acceptors (Lipinski definition) is 6. The maximum atomic E-state index is 12.4. The highest BCUT2D eigenvalue weighted by molar-refractivity contribution is 7.22. The molecule has 0 spiro atoms. The van der Waals surface area contributed by atoms with Crippen molar-refractivity contribution in [1.82, 2.24) is 4.98 Å². The number of aromatic nitrogens is 1. The Bertz CT molecular complexity index is 1040. The maximum absolute atomic E-state index is 12.4.